The summed E-state index contributed by atoms with van der Waals surface area (Å²) in [5.74, 6) is 0. The minimum atomic E-state index is -0.118. The molecule has 2 aliphatic heterocycles. The third kappa shape index (κ3) is 8.44. The zero-order chi connectivity index (χ0) is 50.2. The van der Waals surface area contributed by atoms with Crippen molar-refractivity contribution < 1.29 is 0 Å². The fourth-order valence-electron chi connectivity index (χ4n) is 11.5. The van der Waals surface area contributed by atoms with Crippen molar-refractivity contribution in [3.8, 4) is 22.3 Å². The van der Waals surface area contributed by atoms with Crippen molar-refractivity contribution in [3.63, 3.8) is 0 Å². The molecule has 10 rings (SSSR count). The Balaban J connectivity index is 1.27. The van der Waals surface area contributed by atoms with Crippen molar-refractivity contribution in [3.05, 3.63) is 172 Å². The van der Waals surface area contributed by atoms with Crippen LogP contribution in [0, 0.1) is 5.41 Å². The first-order chi connectivity index (χ1) is 32.6. The molecule has 358 valence electrons. The van der Waals surface area contributed by atoms with Gasteiger partial charge in [-0.15, -0.1) is 0 Å². The van der Waals surface area contributed by atoms with E-state index in [2.05, 4.69) is 261 Å². The van der Waals surface area contributed by atoms with Crippen LogP contribution in [0.5, 0.6) is 0 Å². The number of rotatable bonds is 4. The molecule has 3 aliphatic rings. The van der Waals surface area contributed by atoms with E-state index in [-0.39, 0.29) is 39.2 Å². The minimum absolute atomic E-state index is 0.0198. The molecule has 0 spiro atoms. The summed E-state index contributed by atoms with van der Waals surface area (Å²) in [6.07, 6.45) is 2.16. The van der Waals surface area contributed by atoms with Crippen LogP contribution in [0.1, 0.15) is 157 Å². The van der Waals surface area contributed by atoms with Crippen molar-refractivity contribution >= 4 is 57.2 Å². The third-order valence-corrected chi connectivity index (χ3v) is 15.8. The Hall–Kier alpha value is -5.80. The fraction of sp³-hybridized carbons (Fsp3) is 0.373. The Morgan fingerprint density at radius 1 is 0.357 bits per heavy atom. The van der Waals surface area contributed by atoms with Crippen LogP contribution in [0.4, 0.5) is 34.1 Å². The molecular formula is C67H77BN2. The second-order valence-corrected chi connectivity index (χ2v) is 27.2. The van der Waals surface area contributed by atoms with E-state index in [0.717, 1.165) is 12.8 Å². The van der Waals surface area contributed by atoms with Gasteiger partial charge in [-0.25, -0.2) is 0 Å². The van der Waals surface area contributed by atoms with Gasteiger partial charge >= 0.3 is 0 Å². The summed E-state index contributed by atoms with van der Waals surface area (Å²) in [5.41, 5.74) is 26.6. The zero-order valence-corrected chi connectivity index (χ0v) is 45.6. The predicted octanol–water partition coefficient (Wildman–Crippen LogP) is 16.7. The van der Waals surface area contributed by atoms with Crippen molar-refractivity contribution in [1.29, 1.82) is 0 Å². The van der Waals surface area contributed by atoms with Gasteiger partial charge < -0.3 is 9.80 Å². The molecule has 0 aromatic heterocycles. The number of hydrogen-bond acceptors (Lipinski definition) is 2. The molecule has 0 radical (unpaired) electrons. The van der Waals surface area contributed by atoms with Crippen molar-refractivity contribution in [1.82, 2.24) is 0 Å². The molecular weight excluding hydrogens is 844 g/mol. The summed E-state index contributed by atoms with van der Waals surface area (Å²) >= 11 is 0. The highest BCUT2D eigenvalue weighted by atomic mass is 15.2. The number of fused-ring (bicyclic) bond motifs is 5. The second-order valence-electron chi connectivity index (χ2n) is 27.2. The SMILES string of the molecule is CC1(C)Cc2cc3c(cc2C1)N(c1ccc(C(C)(C)C)cc1-c1ccc(-c2ccc(C(C)(C)C)cc2)cc1)c1cc(C(C)(C)C)cc2c1B3c1cc(C(C)(C)C)ccc1N2c1ccc(C(C)(C)C)cc1. The van der Waals surface area contributed by atoms with Gasteiger partial charge in [0.15, 0.2) is 0 Å². The van der Waals surface area contributed by atoms with Gasteiger partial charge in [0.25, 0.3) is 6.71 Å². The van der Waals surface area contributed by atoms with Crippen LogP contribution >= 0.6 is 0 Å². The molecule has 70 heavy (non-hydrogen) atoms. The van der Waals surface area contributed by atoms with Gasteiger partial charge in [0.1, 0.15) is 0 Å². The molecule has 0 unspecified atom stereocenters. The monoisotopic (exact) mass is 921 g/mol. The molecule has 3 heteroatoms. The van der Waals surface area contributed by atoms with E-state index in [1.165, 1.54) is 112 Å². The average Bonchev–Trinajstić information content (AvgIpc) is 3.59. The second kappa shape index (κ2) is 16.1. The summed E-state index contributed by atoms with van der Waals surface area (Å²) < 4.78 is 0. The van der Waals surface area contributed by atoms with Gasteiger partial charge in [0, 0.05) is 34.0 Å². The smallest absolute Gasteiger partial charge is 0.252 e. The summed E-state index contributed by atoms with van der Waals surface area (Å²) in [7, 11) is 0. The topological polar surface area (TPSA) is 6.48 Å². The molecule has 0 fully saturated rings. The van der Waals surface area contributed by atoms with Gasteiger partial charge in [-0.2, -0.15) is 0 Å². The van der Waals surface area contributed by atoms with E-state index in [9.17, 15) is 0 Å². The highest BCUT2D eigenvalue weighted by Gasteiger charge is 2.46. The Bertz CT molecular complexity index is 3170. The maximum atomic E-state index is 2.70. The summed E-state index contributed by atoms with van der Waals surface area (Å²) in [5, 5.41) is 0. The van der Waals surface area contributed by atoms with Crippen LogP contribution in [0.3, 0.4) is 0 Å². The first-order valence-electron chi connectivity index (χ1n) is 26.1. The van der Waals surface area contributed by atoms with E-state index in [1.54, 1.807) is 0 Å². The van der Waals surface area contributed by atoms with Gasteiger partial charge in [-0.05, 0) is 166 Å². The van der Waals surface area contributed by atoms with Crippen LogP contribution in [-0.4, -0.2) is 6.71 Å². The molecule has 0 atom stereocenters. The standard InChI is InChI=1S/C67H77BN2/c1-62(2,3)47-24-22-43(23-25-47)42-18-20-44(21-19-42)53-36-49(64(7,8)9)28-32-56(53)70-58-35-46-41-67(16,17)40-45(46)34-54(58)68-55-37-50(65(10,11)12)29-33-57(55)69(52-30-26-48(27-31-52)63(4,5)6)59-38-51(66(13,14)15)39-60(70)61(59)68/h18-39H,40-41H2,1-17H3. The first kappa shape index (κ1) is 47.9. The Morgan fingerprint density at radius 2 is 0.771 bits per heavy atom. The maximum Gasteiger partial charge on any atom is 0.252 e. The molecule has 0 saturated carbocycles. The quantitative estimate of drug-likeness (QED) is 0.162. The number of anilines is 6. The lowest BCUT2D eigenvalue weighted by Crippen LogP contribution is -2.61. The molecule has 0 saturated heterocycles. The normalized spacial score (nSPS) is 15.4. The van der Waals surface area contributed by atoms with Crippen LogP contribution in [0.15, 0.2) is 133 Å². The maximum absolute atomic E-state index is 2.70. The van der Waals surface area contributed by atoms with E-state index in [1.807, 2.05) is 0 Å². The number of hydrogen-bond donors (Lipinski definition) is 0. The highest BCUT2D eigenvalue weighted by Crippen LogP contribution is 2.51. The summed E-state index contributed by atoms with van der Waals surface area (Å²) in [6, 6.07) is 53.1. The van der Waals surface area contributed by atoms with Gasteiger partial charge in [-0.3, -0.25) is 0 Å². The van der Waals surface area contributed by atoms with E-state index < -0.39 is 0 Å². The molecule has 7 aromatic carbocycles. The zero-order valence-electron chi connectivity index (χ0n) is 45.6. The van der Waals surface area contributed by atoms with Crippen LogP contribution in [0.25, 0.3) is 22.3 Å². The summed E-state index contributed by atoms with van der Waals surface area (Å²) in [4.78, 5) is 5.31. The van der Waals surface area contributed by atoms with Gasteiger partial charge in [0.2, 0.25) is 0 Å². The Morgan fingerprint density at radius 3 is 1.30 bits per heavy atom. The average molecular weight is 921 g/mol. The molecule has 0 amide bonds. The van der Waals surface area contributed by atoms with Crippen LogP contribution in [-0.2, 0) is 39.9 Å². The van der Waals surface area contributed by atoms with E-state index in [0.29, 0.717) is 0 Å². The van der Waals surface area contributed by atoms with Crippen LogP contribution in [0.2, 0.25) is 0 Å². The van der Waals surface area contributed by atoms with E-state index >= 15 is 0 Å². The number of benzene rings is 7. The molecule has 1 aliphatic carbocycles. The first-order valence-corrected chi connectivity index (χ1v) is 26.1. The van der Waals surface area contributed by atoms with Gasteiger partial charge in [-0.1, -0.05) is 203 Å². The molecule has 2 heterocycles. The van der Waals surface area contributed by atoms with Crippen molar-refractivity contribution in [2.45, 2.75) is 158 Å². The van der Waals surface area contributed by atoms with Crippen molar-refractivity contribution in [2.75, 3.05) is 9.80 Å². The van der Waals surface area contributed by atoms with Crippen LogP contribution < -0.4 is 26.2 Å². The molecule has 0 N–H and O–H groups in total. The Labute approximate surface area is 422 Å². The summed E-state index contributed by atoms with van der Waals surface area (Å²) in [6.45, 7) is 40.0. The molecule has 2 nitrogen and oxygen atoms in total. The predicted molar refractivity (Wildman–Crippen MR) is 306 cm³/mol. The fourth-order valence-corrected chi connectivity index (χ4v) is 11.5. The van der Waals surface area contributed by atoms with Crippen molar-refractivity contribution in [2.24, 2.45) is 5.41 Å². The van der Waals surface area contributed by atoms with Gasteiger partial charge in [0.05, 0.1) is 5.69 Å². The largest absolute Gasteiger partial charge is 0.311 e. The lowest BCUT2D eigenvalue weighted by Gasteiger charge is -2.46. The third-order valence-electron chi connectivity index (χ3n) is 15.8. The minimum Gasteiger partial charge on any atom is -0.311 e. The number of nitrogens with zero attached hydrogens (tertiary/aromatic N) is 2. The lowest BCUT2D eigenvalue weighted by molar-refractivity contribution is 0.392. The highest BCUT2D eigenvalue weighted by molar-refractivity contribution is 7.00. The van der Waals surface area contributed by atoms with E-state index in [4.69, 9.17) is 0 Å². The Kier molecular flexibility index (Phi) is 11.0. The molecule has 0 bridgehead atoms. The lowest BCUT2D eigenvalue weighted by atomic mass is 9.33. The molecule has 7 aromatic rings.